The van der Waals surface area contributed by atoms with Crippen molar-refractivity contribution in [2.45, 2.75) is 31.7 Å². The smallest absolute Gasteiger partial charge is 0.407 e. The maximum Gasteiger partial charge on any atom is 0.407 e. The summed E-state index contributed by atoms with van der Waals surface area (Å²) in [6.07, 6.45) is 1.03. The van der Waals surface area contributed by atoms with E-state index >= 15 is 0 Å². The van der Waals surface area contributed by atoms with E-state index in [2.05, 4.69) is 27.9 Å². The number of ether oxygens (including phenoxy) is 1. The number of carbonyl (C=O) groups is 3. The molecular formula is C25H26N4O5. The van der Waals surface area contributed by atoms with Gasteiger partial charge in [0.1, 0.15) is 18.0 Å². The lowest BCUT2D eigenvalue weighted by atomic mass is 9.98. The lowest BCUT2D eigenvalue weighted by molar-refractivity contribution is -0.116. The number of anilines is 1. The number of hydrogen-bond acceptors (Lipinski definition) is 5. The van der Waals surface area contributed by atoms with Crippen LogP contribution in [0.2, 0.25) is 0 Å². The molecule has 0 radical (unpaired) electrons. The van der Waals surface area contributed by atoms with Gasteiger partial charge in [-0.05, 0) is 28.7 Å². The summed E-state index contributed by atoms with van der Waals surface area (Å²) < 4.78 is 6.83. The molecule has 3 N–H and O–H groups in total. The SMILES string of the molecule is CC[C@@H](CC(=O)Nc1c(C(=O)O)cnn1C)NC(=O)OCC1c2ccccc2-c2ccccc21. The van der Waals surface area contributed by atoms with Crippen molar-refractivity contribution in [2.75, 3.05) is 11.9 Å². The Morgan fingerprint density at radius 3 is 2.29 bits per heavy atom. The summed E-state index contributed by atoms with van der Waals surface area (Å²) in [5.74, 6) is -1.58. The Kier molecular flexibility index (Phi) is 6.62. The largest absolute Gasteiger partial charge is 0.477 e. The molecule has 0 spiro atoms. The van der Waals surface area contributed by atoms with Crippen molar-refractivity contribution in [1.82, 2.24) is 15.1 Å². The quantitative estimate of drug-likeness (QED) is 0.468. The molecule has 176 valence electrons. The first-order valence-electron chi connectivity index (χ1n) is 11.1. The molecule has 0 unspecified atom stereocenters. The van der Waals surface area contributed by atoms with Gasteiger partial charge in [0.25, 0.3) is 0 Å². The number of nitrogens with zero attached hydrogens (tertiary/aromatic N) is 2. The summed E-state index contributed by atoms with van der Waals surface area (Å²) >= 11 is 0. The molecule has 9 nitrogen and oxygen atoms in total. The number of nitrogens with one attached hydrogen (secondary N) is 2. The number of aromatic nitrogens is 2. The van der Waals surface area contributed by atoms with Gasteiger partial charge in [-0.25, -0.2) is 9.59 Å². The van der Waals surface area contributed by atoms with E-state index in [0.717, 1.165) is 22.3 Å². The van der Waals surface area contributed by atoms with E-state index in [4.69, 9.17) is 4.74 Å². The Balaban J connectivity index is 1.35. The molecule has 3 aromatic rings. The van der Waals surface area contributed by atoms with Gasteiger partial charge in [-0.1, -0.05) is 55.5 Å². The number of carboxylic acids is 1. The minimum atomic E-state index is -1.19. The van der Waals surface area contributed by atoms with Crippen LogP contribution >= 0.6 is 0 Å². The molecule has 1 atom stereocenters. The van der Waals surface area contributed by atoms with Crippen molar-refractivity contribution >= 4 is 23.8 Å². The highest BCUT2D eigenvalue weighted by molar-refractivity contribution is 5.99. The number of aromatic carboxylic acids is 1. The summed E-state index contributed by atoms with van der Waals surface area (Å²) in [4.78, 5) is 36.3. The van der Waals surface area contributed by atoms with Crippen LogP contribution in [0.4, 0.5) is 10.6 Å². The summed E-state index contributed by atoms with van der Waals surface area (Å²) in [6, 6.07) is 15.7. The van der Waals surface area contributed by atoms with Crippen molar-refractivity contribution in [2.24, 2.45) is 7.05 Å². The van der Waals surface area contributed by atoms with Crippen molar-refractivity contribution in [3.05, 3.63) is 71.4 Å². The Labute approximate surface area is 196 Å². The lowest BCUT2D eigenvalue weighted by Gasteiger charge is -2.19. The van der Waals surface area contributed by atoms with Crippen molar-refractivity contribution in [1.29, 1.82) is 0 Å². The Morgan fingerprint density at radius 1 is 1.09 bits per heavy atom. The van der Waals surface area contributed by atoms with Crippen LogP contribution in [-0.4, -0.2) is 45.5 Å². The first-order chi connectivity index (χ1) is 16.4. The molecule has 0 bridgehead atoms. The van der Waals surface area contributed by atoms with Gasteiger partial charge < -0.3 is 20.5 Å². The number of fused-ring (bicyclic) bond motifs is 3. The Hall–Kier alpha value is -4.14. The number of aryl methyl sites for hydroxylation is 1. The van der Waals surface area contributed by atoms with Gasteiger partial charge in [0, 0.05) is 25.4 Å². The maximum atomic E-state index is 12.5. The van der Waals surface area contributed by atoms with Crippen LogP contribution in [0, 0.1) is 0 Å². The molecule has 0 saturated heterocycles. The maximum absolute atomic E-state index is 12.5. The van der Waals surface area contributed by atoms with E-state index in [1.165, 1.54) is 17.9 Å². The van der Waals surface area contributed by atoms with Gasteiger partial charge in [0.15, 0.2) is 0 Å². The lowest BCUT2D eigenvalue weighted by Crippen LogP contribution is -2.38. The number of rotatable bonds is 8. The van der Waals surface area contributed by atoms with E-state index in [1.807, 2.05) is 43.3 Å². The zero-order valence-corrected chi connectivity index (χ0v) is 18.9. The van der Waals surface area contributed by atoms with E-state index in [0.29, 0.717) is 6.42 Å². The second-order valence-electron chi connectivity index (χ2n) is 8.16. The predicted octanol–water partition coefficient (Wildman–Crippen LogP) is 3.76. The average Bonchev–Trinajstić information content (AvgIpc) is 3.35. The average molecular weight is 463 g/mol. The van der Waals surface area contributed by atoms with Crippen molar-refractivity contribution in [3.63, 3.8) is 0 Å². The number of amides is 2. The molecule has 1 aromatic heterocycles. The molecule has 1 aliphatic rings. The Bertz CT molecular complexity index is 1190. The van der Waals surface area contributed by atoms with E-state index in [9.17, 15) is 19.5 Å². The van der Waals surface area contributed by atoms with Crippen LogP contribution in [-0.2, 0) is 16.6 Å². The molecule has 2 aromatic carbocycles. The minimum Gasteiger partial charge on any atom is -0.477 e. The van der Waals surface area contributed by atoms with Crippen LogP contribution in [0.15, 0.2) is 54.7 Å². The highest BCUT2D eigenvalue weighted by Crippen LogP contribution is 2.44. The third-order valence-electron chi connectivity index (χ3n) is 6.02. The van der Waals surface area contributed by atoms with Crippen LogP contribution in [0.1, 0.15) is 47.2 Å². The van der Waals surface area contributed by atoms with E-state index in [-0.39, 0.29) is 30.3 Å². The van der Waals surface area contributed by atoms with E-state index in [1.54, 1.807) is 0 Å². The molecule has 9 heteroatoms. The summed E-state index contributed by atoms with van der Waals surface area (Å²) in [7, 11) is 1.54. The fourth-order valence-corrected chi connectivity index (χ4v) is 4.25. The summed E-state index contributed by atoms with van der Waals surface area (Å²) in [6.45, 7) is 2.02. The fourth-order valence-electron chi connectivity index (χ4n) is 4.25. The summed E-state index contributed by atoms with van der Waals surface area (Å²) in [5.41, 5.74) is 4.42. The van der Waals surface area contributed by atoms with Crippen LogP contribution in [0.5, 0.6) is 0 Å². The highest BCUT2D eigenvalue weighted by atomic mass is 16.5. The molecule has 34 heavy (non-hydrogen) atoms. The predicted molar refractivity (Wildman–Crippen MR) is 126 cm³/mol. The standard InChI is InChI=1S/C25H26N4O5/c1-3-15(12-22(30)28-23-20(24(31)32)13-26-29(23)2)27-25(33)34-14-21-18-10-6-4-8-16(18)17-9-5-7-11-19(17)21/h4-11,13,15,21H,3,12,14H2,1-2H3,(H,27,33)(H,28,30)(H,31,32)/t15-/m0/s1. The molecule has 1 aliphatic carbocycles. The second kappa shape index (κ2) is 9.78. The molecule has 0 aliphatic heterocycles. The molecule has 4 rings (SSSR count). The topological polar surface area (TPSA) is 123 Å². The molecule has 0 saturated carbocycles. The van der Waals surface area contributed by atoms with Gasteiger partial charge in [0.05, 0.1) is 6.20 Å². The monoisotopic (exact) mass is 462 g/mol. The zero-order chi connectivity index (χ0) is 24.2. The fraction of sp³-hybridized carbons (Fsp3) is 0.280. The number of carbonyl (C=O) groups excluding carboxylic acids is 2. The van der Waals surface area contributed by atoms with Crippen molar-refractivity contribution < 1.29 is 24.2 Å². The second-order valence-corrected chi connectivity index (χ2v) is 8.16. The van der Waals surface area contributed by atoms with Crippen LogP contribution in [0.25, 0.3) is 11.1 Å². The molecule has 2 amide bonds. The third-order valence-corrected chi connectivity index (χ3v) is 6.02. The minimum absolute atomic E-state index is 0.0368. The first-order valence-corrected chi connectivity index (χ1v) is 11.1. The third kappa shape index (κ3) is 4.63. The Morgan fingerprint density at radius 2 is 1.71 bits per heavy atom. The van der Waals surface area contributed by atoms with Gasteiger partial charge in [-0.3, -0.25) is 9.48 Å². The number of hydrogen-bond donors (Lipinski definition) is 3. The number of alkyl carbamates (subject to hydrolysis) is 1. The normalized spacial score (nSPS) is 13.0. The number of benzene rings is 2. The van der Waals surface area contributed by atoms with E-state index < -0.39 is 24.0 Å². The number of carboxylic acid groups (broad SMARTS) is 1. The van der Waals surface area contributed by atoms with Gasteiger partial charge in [0.2, 0.25) is 5.91 Å². The molecule has 0 fully saturated rings. The van der Waals surface area contributed by atoms with Crippen LogP contribution in [0.3, 0.4) is 0 Å². The van der Waals surface area contributed by atoms with Gasteiger partial charge in [-0.2, -0.15) is 5.10 Å². The van der Waals surface area contributed by atoms with Gasteiger partial charge in [-0.15, -0.1) is 0 Å². The summed E-state index contributed by atoms with van der Waals surface area (Å²) in [5, 5.41) is 18.4. The van der Waals surface area contributed by atoms with Crippen molar-refractivity contribution in [3.8, 4) is 11.1 Å². The van der Waals surface area contributed by atoms with Crippen LogP contribution < -0.4 is 10.6 Å². The molecule has 1 heterocycles. The molecular weight excluding hydrogens is 436 g/mol. The zero-order valence-electron chi connectivity index (χ0n) is 18.9. The van der Waals surface area contributed by atoms with Gasteiger partial charge >= 0.3 is 12.1 Å². The first kappa shape index (κ1) is 23.0. The highest BCUT2D eigenvalue weighted by Gasteiger charge is 2.29.